The third-order valence-corrected chi connectivity index (χ3v) is 2.73. The first-order valence-electron chi connectivity index (χ1n) is 3.98. The normalized spacial score (nSPS) is 27.5. The third kappa shape index (κ3) is 3.70. The molecule has 0 aromatic heterocycles. The van der Waals surface area contributed by atoms with Gasteiger partial charge in [-0.1, -0.05) is 31.4 Å². The molecule has 1 fully saturated rings. The number of epoxide rings is 1. The van der Waals surface area contributed by atoms with Crippen LogP contribution < -0.4 is 0 Å². The fourth-order valence-electron chi connectivity index (χ4n) is 0.764. The Kier molecular flexibility index (Phi) is 2.52. The minimum Gasteiger partial charge on any atom is -0.386 e. The molecule has 0 amide bonds. The molecule has 1 N–H and O–H groups in total. The van der Waals surface area contributed by atoms with Crippen molar-refractivity contribution in [3.8, 4) is 0 Å². The standard InChI is InChI=1S/C8H16O2Si/c1-11(2,3)5-4-7(9)8-6-10-8/h4-5,7-9H,6H2,1-3H3/b5-4+. The van der Waals surface area contributed by atoms with E-state index in [4.69, 9.17) is 4.74 Å². The van der Waals surface area contributed by atoms with Crippen LogP contribution in [0.4, 0.5) is 0 Å². The van der Waals surface area contributed by atoms with E-state index >= 15 is 0 Å². The third-order valence-electron chi connectivity index (χ3n) is 1.53. The SMILES string of the molecule is C[Si](C)(C)/C=C/C(O)C1CO1. The largest absolute Gasteiger partial charge is 0.386 e. The topological polar surface area (TPSA) is 32.8 Å². The van der Waals surface area contributed by atoms with Gasteiger partial charge < -0.3 is 9.84 Å². The minimum atomic E-state index is -1.13. The molecule has 0 aromatic carbocycles. The van der Waals surface area contributed by atoms with Crippen LogP contribution in [0, 0.1) is 0 Å². The second kappa shape index (κ2) is 3.09. The molecule has 1 rings (SSSR count). The van der Waals surface area contributed by atoms with Crippen LogP contribution in [-0.4, -0.2) is 32.0 Å². The van der Waals surface area contributed by atoms with E-state index in [1.165, 1.54) is 0 Å². The zero-order valence-electron chi connectivity index (χ0n) is 7.37. The number of ether oxygens (including phenoxy) is 1. The lowest BCUT2D eigenvalue weighted by molar-refractivity contribution is 0.178. The number of aliphatic hydroxyl groups excluding tert-OH is 1. The van der Waals surface area contributed by atoms with Crippen LogP contribution in [0.25, 0.3) is 0 Å². The summed E-state index contributed by atoms with van der Waals surface area (Å²) in [6.07, 6.45) is 1.59. The van der Waals surface area contributed by atoms with E-state index in [0.717, 1.165) is 6.61 Å². The van der Waals surface area contributed by atoms with E-state index < -0.39 is 8.07 Å². The zero-order chi connectivity index (χ0) is 8.48. The van der Waals surface area contributed by atoms with Crippen molar-refractivity contribution in [2.75, 3.05) is 6.61 Å². The molecule has 11 heavy (non-hydrogen) atoms. The molecule has 64 valence electrons. The molecule has 2 atom stereocenters. The summed E-state index contributed by atoms with van der Waals surface area (Å²) >= 11 is 0. The summed E-state index contributed by atoms with van der Waals surface area (Å²) in [5.41, 5.74) is 2.15. The Morgan fingerprint density at radius 2 is 2.09 bits per heavy atom. The van der Waals surface area contributed by atoms with Crippen molar-refractivity contribution in [1.29, 1.82) is 0 Å². The Labute approximate surface area is 68.9 Å². The van der Waals surface area contributed by atoms with Gasteiger partial charge in [0.15, 0.2) is 0 Å². The Hall–Kier alpha value is -0.123. The van der Waals surface area contributed by atoms with Gasteiger partial charge in [0, 0.05) is 0 Å². The summed E-state index contributed by atoms with van der Waals surface area (Å²) in [4.78, 5) is 0. The van der Waals surface area contributed by atoms with E-state index in [1.807, 2.05) is 6.08 Å². The molecule has 0 spiro atoms. The molecule has 0 aliphatic carbocycles. The summed E-state index contributed by atoms with van der Waals surface area (Å²) < 4.78 is 4.95. The number of hydrogen-bond acceptors (Lipinski definition) is 2. The van der Waals surface area contributed by atoms with Crippen LogP contribution in [0.2, 0.25) is 19.6 Å². The van der Waals surface area contributed by atoms with Crippen molar-refractivity contribution < 1.29 is 9.84 Å². The van der Waals surface area contributed by atoms with Crippen molar-refractivity contribution in [3.05, 3.63) is 11.8 Å². The highest BCUT2D eigenvalue weighted by molar-refractivity contribution is 6.80. The maximum atomic E-state index is 9.36. The second-order valence-corrected chi connectivity index (χ2v) is 9.15. The van der Waals surface area contributed by atoms with Gasteiger partial charge in [-0.05, 0) is 0 Å². The maximum absolute atomic E-state index is 9.36. The van der Waals surface area contributed by atoms with Crippen LogP contribution in [0.3, 0.4) is 0 Å². The van der Waals surface area contributed by atoms with Crippen LogP contribution in [0.5, 0.6) is 0 Å². The van der Waals surface area contributed by atoms with E-state index in [1.54, 1.807) is 0 Å². The van der Waals surface area contributed by atoms with Crippen LogP contribution in [0.15, 0.2) is 11.8 Å². The average molecular weight is 172 g/mol. The van der Waals surface area contributed by atoms with Gasteiger partial charge in [0.25, 0.3) is 0 Å². The monoisotopic (exact) mass is 172 g/mol. The van der Waals surface area contributed by atoms with E-state index in [0.29, 0.717) is 0 Å². The predicted octanol–water partition coefficient (Wildman–Crippen LogP) is 1.18. The summed E-state index contributed by atoms with van der Waals surface area (Å²) in [5.74, 6) is 0. The zero-order valence-corrected chi connectivity index (χ0v) is 8.37. The smallest absolute Gasteiger partial charge is 0.110 e. The van der Waals surface area contributed by atoms with Crippen molar-refractivity contribution in [2.24, 2.45) is 0 Å². The highest BCUT2D eigenvalue weighted by Gasteiger charge is 2.29. The van der Waals surface area contributed by atoms with Gasteiger partial charge in [-0.3, -0.25) is 0 Å². The Bertz CT molecular complexity index is 156. The summed E-state index contributed by atoms with van der Waals surface area (Å²) in [7, 11) is -1.13. The predicted molar refractivity (Wildman–Crippen MR) is 48.2 cm³/mol. The van der Waals surface area contributed by atoms with E-state index in [-0.39, 0.29) is 12.2 Å². The first-order valence-corrected chi connectivity index (χ1v) is 7.56. The molecule has 2 unspecified atom stereocenters. The molecule has 1 aliphatic rings. The fourth-order valence-corrected chi connectivity index (χ4v) is 1.54. The number of rotatable bonds is 3. The molecule has 1 heterocycles. The highest BCUT2D eigenvalue weighted by Crippen LogP contribution is 2.15. The summed E-state index contributed by atoms with van der Waals surface area (Å²) in [6.45, 7) is 7.44. The summed E-state index contributed by atoms with van der Waals surface area (Å²) in [5, 5.41) is 9.36. The van der Waals surface area contributed by atoms with Crippen molar-refractivity contribution in [3.63, 3.8) is 0 Å². The highest BCUT2D eigenvalue weighted by atomic mass is 28.3. The van der Waals surface area contributed by atoms with Gasteiger partial charge in [0.05, 0.1) is 14.7 Å². The quantitative estimate of drug-likeness (QED) is 0.512. The van der Waals surface area contributed by atoms with Gasteiger partial charge in [0.2, 0.25) is 0 Å². The van der Waals surface area contributed by atoms with Crippen LogP contribution >= 0.6 is 0 Å². The Morgan fingerprint density at radius 1 is 1.55 bits per heavy atom. The summed E-state index contributed by atoms with van der Waals surface area (Å²) in [6, 6.07) is 0. The van der Waals surface area contributed by atoms with Gasteiger partial charge in [-0.15, -0.1) is 0 Å². The maximum Gasteiger partial charge on any atom is 0.110 e. The molecule has 2 nitrogen and oxygen atoms in total. The van der Waals surface area contributed by atoms with E-state index in [2.05, 4.69) is 25.3 Å². The van der Waals surface area contributed by atoms with Gasteiger partial charge in [-0.2, -0.15) is 0 Å². The molecule has 0 radical (unpaired) electrons. The fraction of sp³-hybridized carbons (Fsp3) is 0.750. The Balaban J connectivity index is 2.33. The molecule has 1 saturated heterocycles. The molecule has 0 bridgehead atoms. The lowest BCUT2D eigenvalue weighted by Crippen LogP contribution is -2.19. The molecular formula is C8H16O2Si. The van der Waals surface area contributed by atoms with Crippen molar-refractivity contribution in [1.82, 2.24) is 0 Å². The second-order valence-electron chi connectivity index (χ2n) is 4.09. The number of hydrogen-bond donors (Lipinski definition) is 1. The lowest BCUT2D eigenvalue weighted by Gasteiger charge is -2.09. The first-order chi connectivity index (χ1) is 4.99. The molecule has 0 saturated carbocycles. The van der Waals surface area contributed by atoms with Gasteiger partial charge >= 0.3 is 0 Å². The van der Waals surface area contributed by atoms with Crippen LogP contribution in [0.1, 0.15) is 0 Å². The van der Waals surface area contributed by atoms with Gasteiger partial charge in [-0.25, -0.2) is 0 Å². The van der Waals surface area contributed by atoms with Gasteiger partial charge in [0.1, 0.15) is 12.2 Å². The first kappa shape index (κ1) is 8.97. The van der Waals surface area contributed by atoms with Crippen LogP contribution in [-0.2, 0) is 4.74 Å². The molecule has 3 heteroatoms. The van der Waals surface area contributed by atoms with Crippen molar-refractivity contribution in [2.45, 2.75) is 31.8 Å². The molecule has 0 aromatic rings. The number of aliphatic hydroxyl groups is 1. The van der Waals surface area contributed by atoms with Crippen molar-refractivity contribution >= 4 is 8.07 Å². The molecular weight excluding hydrogens is 156 g/mol. The van der Waals surface area contributed by atoms with E-state index in [9.17, 15) is 5.11 Å². The molecule has 1 aliphatic heterocycles. The lowest BCUT2D eigenvalue weighted by atomic mass is 10.3. The Morgan fingerprint density at radius 3 is 2.45 bits per heavy atom. The average Bonchev–Trinajstić information content (AvgIpc) is 2.61. The minimum absolute atomic E-state index is 0.0857.